The van der Waals surface area contributed by atoms with Gasteiger partial charge >= 0.3 is 18.2 Å². The van der Waals surface area contributed by atoms with Gasteiger partial charge in [0.05, 0.1) is 17.8 Å². The number of rotatable bonds is 2. The molecule has 1 N–H and O–H groups in total. The molecule has 2 aliphatic heterocycles. The Kier molecular flexibility index (Phi) is 3.77. The molecule has 24 heavy (non-hydrogen) atoms. The topological polar surface area (TPSA) is 69.7 Å². The number of halogens is 4. The van der Waals surface area contributed by atoms with E-state index in [1.54, 1.807) is 22.6 Å². The molecule has 10 heteroatoms. The third-order valence-corrected chi connectivity index (χ3v) is 4.95. The summed E-state index contributed by atoms with van der Waals surface area (Å²) in [4.78, 5) is 38.1. The first-order valence-corrected chi connectivity index (χ1v) is 8.36. The molecule has 1 aromatic rings. The number of hydrogen-bond donors (Lipinski definition) is 1. The van der Waals surface area contributed by atoms with Crippen LogP contribution in [0.1, 0.15) is 18.1 Å². The summed E-state index contributed by atoms with van der Waals surface area (Å²) >= 11 is 1.81. The number of benzene rings is 1. The largest absolute Gasteiger partial charge is 0.416 e. The maximum atomic E-state index is 13.2. The molecule has 2 fully saturated rings. The minimum Gasteiger partial charge on any atom is -0.335 e. The number of nitrogens with one attached hydrogen (secondary N) is 1. The first kappa shape index (κ1) is 17.0. The Morgan fingerprint density at radius 3 is 2.50 bits per heavy atom. The molecule has 0 aliphatic carbocycles. The van der Waals surface area contributed by atoms with Crippen LogP contribution in [0.3, 0.4) is 0 Å². The van der Waals surface area contributed by atoms with Gasteiger partial charge in [-0.15, -0.1) is 0 Å². The normalized spacial score (nSPS) is 23.8. The van der Waals surface area contributed by atoms with Gasteiger partial charge in [-0.1, -0.05) is 28.7 Å². The van der Waals surface area contributed by atoms with E-state index >= 15 is 0 Å². The number of carbonyl (C=O) groups excluding carboxylic acids is 3. The quantitative estimate of drug-likeness (QED) is 0.426. The van der Waals surface area contributed by atoms with Gasteiger partial charge in [-0.2, -0.15) is 13.2 Å². The molecule has 1 unspecified atom stereocenters. The number of urea groups is 2. The first-order chi connectivity index (χ1) is 11.1. The highest BCUT2D eigenvalue weighted by Crippen LogP contribution is 2.39. The van der Waals surface area contributed by atoms with Crippen LogP contribution in [-0.2, 0) is 15.4 Å². The van der Waals surface area contributed by atoms with E-state index in [1.165, 1.54) is 19.1 Å². The fourth-order valence-electron chi connectivity index (χ4n) is 2.84. The number of imide groups is 2. The zero-order valence-electron chi connectivity index (χ0n) is 12.3. The molecular weight excluding hydrogens is 442 g/mol. The van der Waals surface area contributed by atoms with Crippen LogP contribution in [0.2, 0.25) is 0 Å². The van der Waals surface area contributed by atoms with Crippen molar-refractivity contribution in [3.8, 4) is 0 Å². The highest BCUT2D eigenvalue weighted by atomic mass is 127. The number of alkyl halides is 4. The number of carbonyl (C=O) groups is 3. The number of fused-ring (bicyclic) bond motifs is 1. The number of anilines is 1. The van der Waals surface area contributed by atoms with E-state index in [4.69, 9.17) is 0 Å². The Labute approximate surface area is 148 Å². The number of nitrogens with zero attached hydrogens (tertiary/aromatic N) is 2. The predicted molar refractivity (Wildman–Crippen MR) is 85.7 cm³/mol. The average Bonchev–Trinajstić information content (AvgIpc) is 2.92. The van der Waals surface area contributed by atoms with Crippen molar-refractivity contribution in [2.75, 3.05) is 11.4 Å². The van der Waals surface area contributed by atoms with Gasteiger partial charge in [0.25, 0.3) is 5.91 Å². The van der Waals surface area contributed by atoms with Crippen LogP contribution in [0.25, 0.3) is 0 Å². The van der Waals surface area contributed by atoms with Gasteiger partial charge in [0, 0.05) is 4.43 Å². The molecule has 3 rings (SSSR count). The van der Waals surface area contributed by atoms with Crippen LogP contribution in [0.4, 0.5) is 28.4 Å². The summed E-state index contributed by atoms with van der Waals surface area (Å²) < 4.78 is 39.7. The van der Waals surface area contributed by atoms with Gasteiger partial charge in [-0.05, 0) is 24.6 Å². The van der Waals surface area contributed by atoms with Crippen molar-refractivity contribution in [1.82, 2.24) is 10.2 Å². The molecule has 0 spiro atoms. The summed E-state index contributed by atoms with van der Waals surface area (Å²) in [5.74, 6) is -0.735. The standard InChI is InChI=1S/C14H11F3IN3O3/c1-13-6-19-11(23)21(13)12(24)20(10(13)22)8-3-2-7(5-18)9(4-8)14(15,16)17/h2-4H,5-6H2,1H3,(H,19,23). The monoisotopic (exact) mass is 453 g/mol. The van der Waals surface area contributed by atoms with E-state index < -0.39 is 35.2 Å². The summed E-state index contributed by atoms with van der Waals surface area (Å²) in [7, 11) is 0. The molecule has 1 atom stereocenters. The van der Waals surface area contributed by atoms with Crippen molar-refractivity contribution in [2.24, 2.45) is 0 Å². The van der Waals surface area contributed by atoms with E-state index in [-0.39, 0.29) is 22.2 Å². The molecule has 6 nitrogen and oxygen atoms in total. The molecule has 2 heterocycles. The van der Waals surface area contributed by atoms with Gasteiger partial charge in [-0.3, -0.25) is 4.79 Å². The summed E-state index contributed by atoms with van der Waals surface area (Å²) in [6.45, 7) is 1.32. The lowest BCUT2D eigenvalue weighted by molar-refractivity contribution is -0.138. The lowest BCUT2D eigenvalue weighted by Gasteiger charge is -2.19. The van der Waals surface area contributed by atoms with Crippen LogP contribution in [0, 0.1) is 0 Å². The van der Waals surface area contributed by atoms with Crippen LogP contribution < -0.4 is 10.2 Å². The zero-order chi connectivity index (χ0) is 17.9. The van der Waals surface area contributed by atoms with Crippen molar-refractivity contribution < 1.29 is 27.6 Å². The van der Waals surface area contributed by atoms with Crippen molar-refractivity contribution >= 4 is 46.2 Å². The summed E-state index contributed by atoms with van der Waals surface area (Å²) in [6.07, 6.45) is -4.61. The first-order valence-electron chi connectivity index (χ1n) is 6.84. The minimum absolute atomic E-state index is 0.0513. The summed E-state index contributed by atoms with van der Waals surface area (Å²) in [5.41, 5.74) is -2.48. The Morgan fingerprint density at radius 1 is 1.29 bits per heavy atom. The summed E-state index contributed by atoms with van der Waals surface area (Å²) in [5, 5.41) is 2.39. The summed E-state index contributed by atoms with van der Waals surface area (Å²) in [6, 6.07) is 1.60. The lowest BCUT2D eigenvalue weighted by atomic mass is 10.0. The predicted octanol–water partition coefficient (Wildman–Crippen LogP) is 2.89. The van der Waals surface area contributed by atoms with Crippen LogP contribution >= 0.6 is 22.6 Å². The minimum atomic E-state index is -4.61. The second kappa shape index (κ2) is 5.33. The Morgan fingerprint density at radius 2 is 1.96 bits per heavy atom. The molecule has 2 aliphatic rings. The fourth-order valence-corrected chi connectivity index (χ4v) is 3.50. The highest BCUT2D eigenvalue weighted by Gasteiger charge is 2.61. The zero-order valence-corrected chi connectivity index (χ0v) is 14.4. The van der Waals surface area contributed by atoms with Crippen LogP contribution in [0.5, 0.6) is 0 Å². The molecule has 0 bridgehead atoms. The Hall–Kier alpha value is -1.85. The van der Waals surface area contributed by atoms with Gasteiger partial charge < -0.3 is 5.32 Å². The molecule has 1 aromatic carbocycles. The van der Waals surface area contributed by atoms with E-state index in [0.717, 1.165) is 11.0 Å². The molecule has 128 valence electrons. The molecular formula is C14H11F3IN3O3. The van der Waals surface area contributed by atoms with Gasteiger partial charge in [0.1, 0.15) is 5.54 Å². The third-order valence-electron chi connectivity index (χ3n) is 4.13. The van der Waals surface area contributed by atoms with Crippen molar-refractivity contribution in [3.05, 3.63) is 29.3 Å². The van der Waals surface area contributed by atoms with Crippen molar-refractivity contribution in [3.63, 3.8) is 0 Å². The van der Waals surface area contributed by atoms with E-state index in [1.807, 2.05) is 0 Å². The van der Waals surface area contributed by atoms with E-state index in [0.29, 0.717) is 4.90 Å². The molecule has 0 aromatic heterocycles. The second-order valence-electron chi connectivity index (χ2n) is 5.66. The highest BCUT2D eigenvalue weighted by molar-refractivity contribution is 14.1. The lowest BCUT2D eigenvalue weighted by Crippen LogP contribution is -2.45. The van der Waals surface area contributed by atoms with Gasteiger partial charge in [0.2, 0.25) is 0 Å². The molecule has 0 saturated carbocycles. The smallest absolute Gasteiger partial charge is 0.335 e. The van der Waals surface area contributed by atoms with Crippen molar-refractivity contribution in [2.45, 2.75) is 23.1 Å². The number of amides is 5. The molecule has 5 amide bonds. The third kappa shape index (κ3) is 2.26. The van der Waals surface area contributed by atoms with Crippen LogP contribution in [0.15, 0.2) is 18.2 Å². The maximum absolute atomic E-state index is 13.2. The van der Waals surface area contributed by atoms with Crippen LogP contribution in [-0.4, -0.2) is 35.0 Å². The Balaban J connectivity index is 2.09. The maximum Gasteiger partial charge on any atom is 0.416 e. The second-order valence-corrected chi connectivity index (χ2v) is 6.43. The Bertz CT molecular complexity index is 767. The SMILES string of the molecule is CC12CNC(=O)N1C(=O)N(c1ccc(CI)c(C(F)(F)F)c1)C2=O. The average molecular weight is 453 g/mol. The van der Waals surface area contributed by atoms with Crippen molar-refractivity contribution in [1.29, 1.82) is 0 Å². The van der Waals surface area contributed by atoms with E-state index in [9.17, 15) is 27.6 Å². The van der Waals surface area contributed by atoms with Gasteiger partial charge in [0.15, 0.2) is 0 Å². The van der Waals surface area contributed by atoms with E-state index in [2.05, 4.69) is 5.32 Å². The number of hydrogen-bond acceptors (Lipinski definition) is 3. The molecule has 0 radical (unpaired) electrons. The fraction of sp³-hybridized carbons (Fsp3) is 0.357. The van der Waals surface area contributed by atoms with Gasteiger partial charge in [-0.25, -0.2) is 19.4 Å². The molecule has 2 saturated heterocycles.